The van der Waals surface area contributed by atoms with E-state index in [1.807, 2.05) is 0 Å². The summed E-state index contributed by atoms with van der Waals surface area (Å²) in [5, 5.41) is 2.80. The molecule has 2 N–H and O–H groups in total. The number of nitrogens with two attached hydrogens (primary N) is 1. The second-order valence-corrected chi connectivity index (χ2v) is 7.06. The van der Waals surface area contributed by atoms with Crippen LogP contribution in [0.15, 0.2) is 41.8 Å². The number of fused-ring (bicyclic) bond motifs is 2. The SMILES string of the molecule is Nc1c(F)cc2cc(C#Cc3cc4sccc4s3)ccc2c1F. The first-order valence-electron chi connectivity index (χ1n) is 6.78. The minimum atomic E-state index is -0.751. The topological polar surface area (TPSA) is 26.0 Å². The van der Waals surface area contributed by atoms with Crippen molar-refractivity contribution in [1.82, 2.24) is 0 Å². The van der Waals surface area contributed by atoms with Gasteiger partial charge in [0, 0.05) is 20.3 Å². The summed E-state index contributed by atoms with van der Waals surface area (Å²) in [4.78, 5) is 0.974. The molecule has 0 radical (unpaired) electrons. The summed E-state index contributed by atoms with van der Waals surface area (Å²) >= 11 is 3.32. The fourth-order valence-electron chi connectivity index (χ4n) is 2.39. The molecule has 0 fully saturated rings. The van der Waals surface area contributed by atoms with Crippen molar-refractivity contribution in [1.29, 1.82) is 0 Å². The molecule has 2 aromatic heterocycles. The summed E-state index contributed by atoms with van der Waals surface area (Å²) in [6.07, 6.45) is 0. The van der Waals surface area contributed by atoms with Gasteiger partial charge < -0.3 is 5.73 Å². The molecule has 0 saturated carbocycles. The quantitative estimate of drug-likeness (QED) is 0.337. The van der Waals surface area contributed by atoms with E-state index < -0.39 is 17.3 Å². The first-order valence-corrected chi connectivity index (χ1v) is 8.48. The molecular formula is C18H9F2NS2. The van der Waals surface area contributed by atoms with Crippen molar-refractivity contribution < 1.29 is 8.78 Å². The van der Waals surface area contributed by atoms with Gasteiger partial charge in [-0.3, -0.25) is 0 Å². The van der Waals surface area contributed by atoms with Gasteiger partial charge in [0.25, 0.3) is 0 Å². The number of anilines is 1. The lowest BCUT2D eigenvalue weighted by atomic mass is 10.1. The van der Waals surface area contributed by atoms with E-state index in [1.54, 1.807) is 40.9 Å². The number of hydrogen-bond donors (Lipinski definition) is 1. The Kier molecular flexibility index (Phi) is 3.29. The highest BCUT2D eigenvalue weighted by Crippen LogP contribution is 2.30. The molecule has 0 atom stereocenters. The summed E-state index contributed by atoms with van der Waals surface area (Å²) in [6.45, 7) is 0. The highest BCUT2D eigenvalue weighted by Gasteiger charge is 2.10. The fourth-order valence-corrected chi connectivity index (χ4v) is 4.35. The first kappa shape index (κ1) is 14.2. The van der Waals surface area contributed by atoms with Crippen molar-refractivity contribution >= 4 is 48.5 Å². The van der Waals surface area contributed by atoms with Crippen LogP contribution in [-0.2, 0) is 0 Å². The lowest BCUT2D eigenvalue weighted by Crippen LogP contribution is -1.96. The zero-order valence-corrected chi connectivity index (χ0v) is 13.3. The largest absolute Gasteiger partial charge is 0.394 e. The van der Waals surface area contributed by atoms with Crippen LogP contribution in [0.2, 0.25) is 0 Å². The van der Waals surface area contributed by atoms with Gasteiger partial charge in [0.1, 0.15) is 11.5 Å². The third kappa shape index (κ3) is 2.46. The second-order valence-electron chi connectivity index (χ2n) is 5.03. The van der Waals surface area contributed by atoms with Gasteiger partial charge in [-0.05, 0) is 41.1 Å². The number of rotatable bonds is 0. The second kappa shape index (κ2) is 5.34. The van der Waals surface area contributed by atoms with Gasteiger partial charge in [-0.2, -0.15) is 0 Å². The van der Waals surface area contributed by atoms with E-state index in [0.717, 1.165) is 4.88 Å². The van der Waals surface area contributed by atoms with Crippen LogP contribution in [0, 0.1) is 23.5 Å². The molecule has 2 aromatic carbocycles. The molecular weight excluding hydrogens is 332 g/mol. The fraction of sp³-hybridized carbons (Fsp3) is 0. The van der Waals surface area contributed by atoms with Gasteiger partial charge in [-0.1, -0.05) is 17.9 Å². The summed E-state index contributed by atoms with van der Waals surface area (Å²) < 4.78 is 29.9. The first-order chi connectivity index (χ1) is 11.1. The van der Waals surface area contributed by atoms with E-state index in [4.69, 9.17) is 5.73 Å². The van der Waals surface area contributed by atoms with Gasteiger partial charge in [0.05, 0.1) is 4.88 Å². The van der Waals surface area contributed by atoms with Crippen molar-refractivity contribution in [2.45, 2.75) is 0 Å². The lowest BCUT2D eigenvalue weighted by molar-refractivity contribution is 0.600. The zero-order chi connectivity index (χ0) is 16.0. The molecule has 1 nitrogen and oxygen atoms in total. The van der Waals surface area contributed by atoms with Crippen LogP contribution in [0.1, 0.15) is 10.4 Å². The number of thiophene rings is 2. The summed E-state index contributed by atoms with van der Waals surface area (Å²) in [6, 6.07) is 10.3. The molecule has 112 valence electrons. The predicted molar refractivity (Wildman–Crippen MR) is 94.0 cm³/mol. The minimum absolute atomic E-state index is 0.297. The molecule has 0 aliphatic carbocycles. The van der Waals surface area contributed by atoms with Crippen LogP contribution in [-0.4, -0.2) is 0 Å². The van der Waals surface area contributed by atoms with E-state index in [-0.39, 0.29) is 0 Å². The van der Waals surface area contributed by atoms with Crippen LogP contribution < -0.4 is 5.73 Å². The number of hydrogen-bond acceptors (Lipinski definition) is 3. The lowest BCUT2D eigenvalue weighted by Gasteiger charge is -2.04. The molecule has 0 saturated heterocycles. The molecule has 0 bridgehead atoms. The van der Waals surface area contributed by atoms with Crippen LogP contribution in [0.25, 0.3) is 20.2 Å². The number of benzene rings is 2. The van der Waals surface area contributed by atoms with Crippen molar-refractivity contribution in [3.63, 3.8) is 0 Å². The van der Waals surface area contributed by atoms with Gasteiger partial charge in [-0.15, -0.1) is 22.7 Å². The van der Waals surface area contributed by atoms with E-state index in [9.17, 15) is 8.78 Å². The summed E-state index contributed by atoms with van der Waals surface area (Å²) in [5.41, 5.74) is 5.63. The monoisotopic (exact) mass is 341 g/mol. The molecule has 0 amide bonds. The molecule has 4 rings (SSSR count). The molecule has 0 aliphatic rings. The molecule has 2 heterocycles. The zero-order valence-electron chi connectivity index (χ0n) is 11.7. The van der Waals surface area contributed by atoms with Crippen molar-refractivity contribution in [3.05, 3.63) is 63.9 Å². The number of nitrogen functional groups attached to an aromatic ring is 1. The van der Waals surface area contributed by atoms with Crippen LogP contribution in [0.3, 0.4) is 0 Å². The Morgan fingerprint density at radius 2 is 1.83 bits per heavy atom. The average Bonchev–Trinajstić information content (AvgIpc) is 3.12. The molecule has 0 aliphatic heterocycles. The van der Waals surface area contributed by atoms with E-state index in [2.05, 4.69) is 29.4 Å². The Morgan fingerprint density at radius 3 is 2.65 bits per heavy atom. The Bertz CT molecular complexity index is 1080. The Morgan fingerprint density at radius 1 is 0.957 bits per heavy atom. The highest BCUT2D eigenvalue weighted by atomic mass is 32.1. The van der Waals surface area contributed by atoms with Gasteiger partial charge >= 0.3 is 0 Å². The third-order valence-corrected chi connectivity index (χ3v) is 5.54. The molecule has 5 heteroatoms. The maximum absolute atomic E-state index is 13.9. The smallest absolute Gasteiger partial charge is 0.156 e. The molecule has 23 heavy (non-hydrogen) atoms. The van der Waals surface area contributed by atoms with Gasteiger partial charge in [0.2, 0.25) is 0 Å². The van der Waals surface area contributed by atoms with Crippen LogP contribution in [0.4, 0.5) is 14.5 Å². The van der Waals surface area contributed by atoms with Crippen LogP contribution in [0.5, 0.6) is 0 Å². The normalized spacial score (nSPS) is 10.9. The Hall–Kier alpha value is -2.42. The maximum atomic E-state index is 13.9. The van der Waals surface area contributed by atoms with Gasteiger partial charge in [-0.25, -0.2) is 8.78 Å². The summed E-state index contributed by atoms with van der Waals surface area (Å²) in [7, 11) is 0. The third-order valence-electron chi connectivity index (χ3n) is 3.53. The molecule has 0 spiro atoms. The highest BCUT2D eigenvalue weighted by molar-refractivity contribution is 7.27. The Balaban J connectivity index is 1.76. The number of halogens is 2. The average molecular weight is 341 g/mol. The van der Waals surface area contributed by atoms with Crippen LogP contribution >= 0.6 is 22.7 Å². The summed E-state index contributed by atoms with van der Waals surface area (Å²) in [5.74, 6) is 4.68. The van der Waals surface area contributed by atoms with E-state index >= 15 is 0 Å². The molecule has 4 aromatic rings. The maximum Gasteiger partial charge on any atom is 0.156 e. The minimum Gasteiger partial charge on any atom is -0.394 e. The van der Waals surface area contributed by atoms with Gasteiger partial charge in [0.15, 0.2) is 5.82 Å². The van der Waals surface area contributed by atoms with E-state index in [0.29, 0.717) is 16.3 Å². The van der Waals surface area contributed by atoms with Crippen molar-refractivity contribution in [2.75, 3.05) is 5.73 Å². The van der Waals surface area contributed by atoms with E-state index in [1.165, 1.54) is 15.5 Å². The molecule has 0 unspecified atom stereocenters. The van der Waals surface area contributed by atoms with Crippen molar-refractivity contribution in [2.24, 2.45) is 0 Å². The van der Waals surface area contributed by atoms with Crippen molar-refractivity contribution in [3.8, 4) is 11.8 Å². The predicted octanol–water partition coefficient (Wildman–Crippen LogP) is 5.38. The standard InChI is InChI=1S/C18H9F2NS2/c19-14-8-11-7-10(2-4-13(11)17(20)18(14)21)1-3-12-9-16-15(23-12)5-6-22-16/h2,4-9H,21H2. The Labute approximate surface area is 139 Å².